The summed E-state index contributed by atoms with van der Waals surface area (Å²) < 4.78 is 13.6. The van der Waals surface area contributed by atoms with Crippen molar-refractivity contribution in [3.8, 4) is 0 Å². The second-order valence-electron chi connectivity index (χ2n) is 5.05. The molecule has 20 heavy (non-hydrogen) atoms. The Hall–Kier alpha value is -0.980. The summed E-state index contributed by atoms with van der Waals surface area (Å²) in [6, 6.07) is 4.93. The van der Waals surface area contributed by atoms with Gasteiger partial charge in [0, 0.05) is 32.7 Å². The van der Waals surface area contributed by atoms with Gasteiger partial charge < -0.3 is 10.2 Å². The molecule has 1 amide bonds. The number of benzene rings is 1. The van der Waals surface area contributed by atoms with E-state index in [4.69, 9.17) is 0 Å². The molecule has 0 saturated carbocycles. The summed E-state index contributed by atoms with van der Waals surface area (Å²) >= 11 is 3.17. The standard InChI is InChI=1S/C14H19BrFN3O/c1-18(9-11-2-3-13(16)12(15)8-11)10-14(20)19-6-4-17-5-7-19/h2-3,8,17H,4-7,9-10H2,1H3. The number of rotatable bonds is 4. The fraction of sp³-hybridized carbons (Fsp3) is 0.500. The largest absolute Gasteiger partial charge is 0.339 e. The van der Waals surface area contributed by atoms with E-state index in [0.717, 1.165) is 31.7 Å². The maximum absolute atomic E-state index is 13.2. The van der Waals surface area contributed by atoms with Crippen LogP contribution in [0.5, 0.6) is 0 Å². The van der Waals surface area contributed by atoms with Gasteiger partial charge in [-0.15, -0.1) is 0 Å². The first-order valence-electron chi connectivity index (χ1n) is 6.67. The van der Waals surface area contributed by atoms with Crippen molar-refractivity contribution in [3.63, 3.8) is 0 Å². The highest BCUT2D eigenvalue weighted by atomic mass is 79.9. The van der Waals surface area contributed by atoms with Crippen LogP contribution in [0.3, 0.4) is 0 Å². The van der Waals surface area contributed by atoms with Crippen molar-refractivity contribution in [2.24, 2.45) is 0 Å². The normalized spacial score (nSPS) is 15.7. The van der Waals surface area contributed by atoms with Crippen LogP contribution in [0.1, 0.15) is 5.56 Å². The third-order valence-electron chi connectivity index (χ3n) is 3.31. The molecular weight excluding hydrogens is 325 g/mol. The average molecular weight is 344 g/mol. The lowest BCUT2D eigenvalue weighted by Crippen LogP contribution is -2.49. The van der Waals surface area contributed by atoms with E-state index in [-0.39, 0.29) is 11.7 Å². The number of hydrogen-bond acceptors (Lipinski definition) is 3. The van der Waals surface area contributed by atoms with E-state index in [9.17, 15) is 9.18 Å². The summed E-state index contributed by atoms with van der Waals surface area (Å²) in [5.41, 5.74) is 0.980. The van der Waals surface area contributed by atoms with Crippen LogP contribution in [-0.2, 0) is 11.3 Å². The summed E-state index contributed by atoms with van der Waals surface area (Å²) in [4.78, 5) is 15.9. The van der Waals surface area contributed by atoms with Crippen molar-refractivity contribution < 1.29 is 9.18 Å². The van der Waals surface area contributed by atoms with E-state index in [2.05, 4.69) is 21.2 Å². The highest BCUT2D eigenvalue weighted by molar-refractivity contribution is 9.10. The van der Waals surface area contributed by atoms with Gasteiger partial charge in [0.15, 0.2) is 0 Å². The van der Waals surface area contributed by atoms with Crippen LogP contribution >= 0.6 is 15.9 Å². The van der Waals surface area contributed by atoms with Crippen LogP contribution in [0.15, 0.2) is 22.7 Å². The first kappa shape index (κ1) is 15.4. The van der Waals surface area contributed by atoms with Crippen LogP contribution in [-0.4, -0.2) is 55.5 Å². The third-order valence-corrected chi connectivity index (χ3v) is 3.92. The molecule has 0 unspecified atom stereocenters. The predicted molar refractivity (Wildman–Crippen MR) is 79.9 cm³/mol. The first-order chi connectivity index (χ1) is 9.56. The van der Waals surface area contributed by atoms with E-state index in [1.165, 1.54) is 6.07 Å². The molecule has 1 fully saturated rings. The number of carbonyl (C=O) groups is 1. The molecule has 1 N–H and O–H groups in total. The number of halogens is 2. The second kappa shape index (κ2) is 7.15. The minimum atomic E-state index is -0.270. The summed E-state index contributed by atoms with van der Waals surface area (Å²) in [6.45, 7) is 4.27. The molecule has 0 aromatic heterocycles. The Morgan fingerprint density at radius 3 is 2.80 bits per heavy atom. The quantitative estimate of drug-likeness (QED) is 0.898. The van der Waals surface area contributed by atoms with Gasteiger partial charge in [0.2, 0.25) is 5.91 Å². The van der Waals surface area contributed by atoms with E-state index >= 15 is 0 Å². The molecule has 1 aliphatic rings. The van der Waals surface area contributed by atoms with Gasteiger partial charge in [-0.25, -0.2) is 4.39 Å². The molecular formula is C14H19BrFN3O. The lowest BCUT2D eigenvalue weighted by atomic mass is 10.2. The number of nitrogens with zero attached hydrogens (tertiary/aromatic N) is 2. The molecule has 1 aromatic carbocycles. The molecule has 0 aliphatic carbocycles. The van der Waals surface area contributed by atoms with Gasteiger partial charge in [0.05, 0.1) is 11.0 Å². The van der Waals surface area contributed by atoms with Gasteiger partial charge in [-0.1, -0.05) is 6.07 Å². The Balaban J connectivity index is 1.86. The topological polar surface area (TPSA) is 35.6 Å². The number of piperazine rings is 1. The van der Waals surface area contributed by atoms with E-state index < -0.39 is 0 Å². The molecule has 1 aliphatic heterocycles. The molecule has 0 atom stereocenters. The summed E-state index contributed by atoms with van der Waals surface area (Å²) in [6.07, 6.45) is 0. The molecule has 1 aromatic rings. The fourth-order valence-electron chi connectivity index (χ4n) is 2.25. The zero-order chi connectivity index (χ0) is 14.5. The Bertz CT molecular complexity index is 477. The Labute approximate surface area is 127 Å². The molecule has 1 saturated heterocycles. The van der Waals surface area contributed by atoms with Gasteiger partial charge in [0.1, 0.15) is 5.82 Å². The van der Waals surface area contributed by atoms with Crippen molar-refractivity contribution in [1.82, 2.24) is 15.1 Å². The third kappa shape index (κ3) is 4.26. The van der Waals surface area contributed by atoms with Crippen LogP contribution in [0.2, 0.25) is 0 Å². The number of carbonyl (C=O) groups excluding carboxylic acids is 1. The lowest BCUT2D eigenvalue weighted by Gasteiger charge is -2.29. The van der Waals surface area contributed by atoms with Crippen molar-refractivity contribution >= 4 is 21.8 Å². The molecule has 0 bridgehead atoms. The molecule has 2 rings (SSSR count). The highest BCUT2D eigenvalue weighted by Crippen LogP contribution is 2.17. The van der Waals surface area contributed by atoms with Gasteiger partial charge >= 0.3 is 0 Å². The zero-order valence-electron chi connectivity index (χ0n) is 11.5. The van der Waals surface area contributed by atoms with Crippen molar-refractivity contribution in [3.05, 3.63) is 34.1 Å². The smallest absolute Gasteiger partial charge is 0.236 e. The van der Waals surface area contributed by atoms with E-state index in [0.29, 0.717) is 17.6 Å². The molecule has 4 nitrogen and oxygen atoms in total. The number of nitrogens with one attached hydrogen (secondary N) is 1. The maximum atomic E-state index is 13.2. The number of amides is 1. The Morgan fingerprint density at radius 2 is 2.15 bits per heavy atom. The van der Waals surface area contributed by atoms with Gasteiger partial charge in [-0.2, -0.15) is 0 Å². The Kier molecular flexibility index (Phi) is 5.51. The fourth-order valence-corrected chi connectivity index (χ4v) is 2.68. The monoisotopic (exact) mass is 343 g/mol. The molecule has 6 heteroatoms. The molecule has 0 spiro atoms. The summed E-state index contributed by atoms with van der Waals surface area (Å²) in [7, 11) is 1.90. The Morgan fingerprint density at radius 1 is 1.45 bits per heavy atom. The highest BCUT2D eigenvalue weighted by Gasteiger charge is 2.17. The van der Waals surface area contributed by atoms with Crippen molar-refractivity contribution in [2.45, 2.75) is 6.54 Å². The molecule has 1 heterocycles. The predicted octanol–water partition coefficient (Wildman–Crippen LogP) is 1.45. The second-order valence-corrected chi connectivity index (χ2v) is 5.91. The minimum Gasteiger partial charge on any atom is -0.339 e. The summed E-state index contributed by atoms with van der Waals surface area (Å²) in [5, 5.41) is 3.23. The molecule has 0 radical (unpaired) electrons. The van der Waals surface area contributed by atoms with Crippen LogP contribution in [0.25, 0.3) is 0 Å². The number of hydrogen-bond donors (Lipinski definition) is 1. The summed E-state index contributed by atoms with van der Waals surface area (Å²) in [5.74, 6) is -0.122. The zero-order valence-corrected chi connectivity index (χ0v) is 13.1. The lowest BCUT2D eigenvalue weighted by molar-refractivity contribution is -0.132. The average Bonchev–Trinajstić information content (AvgIpc) is 2.44. The van der Waals surface area contributed by atoms with Crippen molar-refractivity contribution in [2.75, 3.05) is 39.8 Å². The van der Waals surface area contributed by atoms with Gasteiger partial charge in [0.25, 0.3) is 0 Å². The van der Waals surface area contributed by atoms with Crippen LogP contribution < -0.4 is 5.32 Å². The SMILES string of the molecule is CN(CC(=O)N1CCNCC1)Cc1ccc(F)c(Br)c1. The van der Waals surface area contributed by atoms with Crippen LogP contribution in [0, 0.1) is 5.82 Å². The van der Waals surface area contributed by atoms with E-state index in [1.807, 2.05) is 16.8 Å². The molecule has 110 valence electrons. The minimum absolute atomic E-state index is 0.148. The van der Waals surface area contributed by atoms with Gasteiger partial charge in [-0.05, 0) is 40.7 Å². The number of likely N-dealkylation sites (N-methyl/N-ethyl adjacent to an activating group) is 1. The van der Waals surface area contributed by atoms with Crippen molar-refractivity contribution in [1.29, 1.82) is 0 Å². The van der Waals surface area contributed by atoms with Crippen LogP contribution in [0.4, 0.5) is 4.39 Å². The van der Waals surface area contributed by atoms with Gasteiger partial charge in [-0.3, -0.25) is 9.69 Å². The van der Waals surface area contributed by atoms with E-state index in [1.54, 1.807) is 12.1 Å². The maximum Gasteiger partial charge on any atom is 0.236 e. The first-order valence-corrected chi connectivity index (χ1v) is 7.46.